The smallest absolute Gasteiger partial charge is 0.219 e. The molecule has 0 saturated heterocycles. The van der Waals surface area contributed by atoms with Gasteiger partial charge in [-0.1, -0.05) is 6.07 Å². The molecule has 0 spiro atoms. The van der Waals surface area contributed by atoms with E-state index in [0.29, 0.717) is 18.1 Å². The fourth-order valence-electron chi connectivity index (χ4n) is 2.84. The van der Waals surface area contributed by atoms with E-state index in [-0.39, 0.29) is 24.8 Å². The Balaban J connectivity index is 0.00000160. The lowest BCUT2D eigenvalue weighted by atomic mass is 10.2. The van der Waals surface area contributed by atoms with Gasteiger partial charge in [0.25, 0.3) is 0 Å². The summed E-state index contributed by atoms with van der Waals surface area (Å²) in [4.78, 5) is 13.1. The van der Waals surface area contributed by atoms with Crippen molar-refractivity contribution in [2.45, 2.75) is 13.8 Å². The van der Waals surface area contributed by atoms with E-state index in [0.717, 1.165) is 34.0 Å². The first-order valence-electron chi connectivity index (χ1n) is 9.08. The molecule has 1 N–H and O–H groups in total. The fourth-order valence-corrected chi connectivity index (χ4v) is 2.84. The van der Waals surface area contributed by atoms with Crippen molar-refractivity contribution < 1.29 is 9.47 Å². The summed E-state index contributed by atoms with van der Waals surface area (Å²) < 4.78 is 11.4. The first-order chi connectivity index (χ1) is 13.7. The molecule has 6 nitrogen and oxygen atoms in total. The summed E-state index contributed by atoms with van der Waals surface area (Å²) in [5.74, 6) is 2.05. The second-order valence-electron chi connectivity index (χ2n) is 6.15. The van der Waals surface area contributed by atoms with E-state index in [9.17, 15) is 0 Å². The van der Waals surface area contributed by atoms with E-state index >= 15 is 0 Å². The Morgan fingerprint density at radius 3 is 2.43 bits per heavy atom. The number of nitrogens with zero attached hydrogens (tertiary/aromatic N) is 3. The molecule has 156 valence electrons. The first-order valence-corrected chi connectivity index (χ1v) is 9.08. The van der Waals surface area contributed by atoms with Crippen LogP contribution in [0.15, 0.2) is 67.0 Å². The number of rotatable bonds is 6. The van der Waals surface area contributed by atoms with Gasteiger partial charge < -0.3 is 14.8 Å². The summed E-state index contributed by atoms with van der Waals surface area (Å²) in [5.41, 5.74) is 3.35. The topological polar surface area (TPSA) is 69.2 Å². The summed E-state index contributed by atoms with van der Waals surface area (Å²) >= 11 is 0. The highest BCUT2D eigenvalue weighted by molar-refractivity contribution is 5.91. The molecule has 0 aliphatic rings. The van der Waals surface area contributed by atoms with Crippen molar-refractivity contribution in [1.29, 1.82) is 0 Å². The molecule has 0 aliphatic heterocycles. The van der Waals surface area contributed by atoms with Gasteiger partial charge in [-0.25, -0.2) is 15.0 Å². The molecular formula is C22H22Cl2N4O2. The highest BCUT2D eigenvalue weighted by Gasteiger charge is 2.09. The summed E-state index contributed by atoms with van der Waals surface area (Å²) in [5, 5.41) is 4.33. The Morgan fingerprint density at radius 1 is 0.933 bits per heavy atom. The number of ether oxygens (including phenoxy) is 2. The maximum atomic E-state index is 5.73. The average molecular weight is 445 g/mol. The minimum Gasteiger partial charge on any atom is -0.492 e. The Labute approximate surface area is 187 Å². The van der Waals surface area contributed by atoms with Crippen LogP contribution in [0, 0.1) is 6.92 Å². The highest BCUT2D eigenvalue weighted by Crippen LogP contribution is 2.30. The van der Waals surface area contributed by atoms with Crippen molar-refractivity contribution in [2.75, 3.05) is 11.9 Å². The third-order valence-corrected chi connectivity index (χ3v) is 4.17. The SMILES string of the molecule is CCOc1cc2c(Nc3ccc(Oc4ccccn4)cc3)ccnc2nc1C.Cl.Cl. The molecule has 0 amide bonds. The normalized spacial score (nSPS) is 9.93. The number of nitrogens with one attached hydrogen (secondary N) is 1. The van der Waals surface area contributed by atoms with Gasteiger partial charge in [-0.05, 0) is 56.3 Å². The Bertz CT molecular complexity index is 1090. The molecule has 1 aromatic carbocycles. The third-order valence-electron chi connectivity index (χ3n) is 4.17. The molecule has 0 aliphatic carbocycles. The van der Waals surface area contributed by atoms with E-state index in [1.165, 1.54) is 0 Å². The summed E-state index contributed by atoms with van der Waals surface area (Å²) in [6.07, 6.45) is 3.45. The van der Waals surface area contributed by atoms with Gasteiger partial charge in [0.15, 0.2) is 5.65 Å². The predicted molar refractivity (Wildman–Crippen MR) is 124 cm³/mol. The summed E-state index contributed by atoms with van der Waals surface area (Å²) in [7, 11) is 0. The zero-order valence-electron chi connectivity index (χ0n) is 16.5. The van der Waals surface area contributed by atoms with Gasteiger partial charge in [0.05, 0.1) is 18.0 Å². The van der Waals surface area contributed by atoms with Gasteiger partial charge in [0.1, 0.15) is 11.5 Å². The molecule has 3 heterocycles. The number of benzene rings is 1. The monoisotopic (exact) mass is 444 g/mol. The van der Waals surface area contributed by atoms with Crippen LogP contribution in [-0.2, 0) is 0 Å². The van der Waals surface area contributed by atoms with Gasteiger partial charge in [-0.2, -0.15) is 0 Å². The highest BCUT2D eigenvalue weighted by atomic mass is 35.5. The number of pyridine rings is 3. The van der Waals surface area contributed by atoms with Crippen molar-refractivity contribution in [3.63, 3.8) is 0 Å². The molecular weight excluding hydrogens is 423 g/mol. The molecule has 4 rings (SSSR count). The molecule has 0 saturated carbocycles. The number of anilines is 2. The molecule has 30 heavy (non-hydrogen) atoms. The van der Waals surface area contributed by atoms with Crippen LogP contribution < -0.4 is 14.8 Å². The van der Waals surface area contributed by atoms with E-state index in [2.05, 4.69) is 20.3 Å². The molecule has 8 heteroatoms. The maximum absolute atomic E-state index is 5.73. The number of hydrogen-bond donors (Lipinski definition) is 1. The van der Waals surface area contributed by atoms with E-state index in [1.807, 2.05) is 68.4 Å². The zero-order chi connectivity index (χ0) is 19.3. The van der Waals surface area contributed by atoms with E-state index in [1.54, 1.807) is 12.4 Å². The Hall–Kier alpha value is -3.09. The number of aryl methyl sites for hydroxylation is 1. The second kappa shape index (κ2) is 10.6. The standard InChI is InChI=1S/C22H20N4O2.2ClH/c1-3-27-20-14-18-19(11-13-24-22(18)25-15(20)2)26-16-7-9-17(10-8-16)28-21-6-4-5-12-23-21;;/h4-14H,3H2,1-2H3,(H,24,25,26);2*1H. The van der Waals surface area contributed by atoms with Gasteiger partial charge in [-0.15, -0.1) is 24.8 Å². The van der Waals surface area contributed by atoms with Crippen LogP contribution in [0.1, 0.15) is 12.6 Å². The largest absolute Gasteiger partial charge is 0.492 e. The zero-order valence-corrected chi connectivity index (χ0v) is 18.2. The molecule has 0 bridgehead atoms. The minimum absolute atomic E-state index is 0. The second-order valence-corrected chi connectivity index (χ2v) is 6.15. The molecule has 0 unspecified atom stereocenters. The van der Waals surface area contributed by atoms with Crippen molar-refractivity contribution in [2.24, 2.45) is 0 Å². The van der Waals surface area contributed by atoms with Crippen LogP contribution >= 0.6 is 24.8 Å². The van der Waals surface area contributed by atoms with Gasteiger partial charge in [0.2, 0.25) is 5.88 Å². The summed E-state index contributed by atoms with van der Waals surface area (Å²) in [6.45, 7) is 4.47. The molecule has 0 radical (unpaired) electrons. The molecule has 4 aromatic rings. The maximum Gasteiger partial charge on any atom is 0.219 e. The van der Waals surface area contributed by atoms with Gasteiger partial charge in [0, 0.05) is 29.5 Å². The molecule has 0 atom stereocenters. The molecule has 0 fully saturated rings. The van der Waals surface area contributed by atoms with Crippen molar-refractivity contribution in [1.82, 2.24) is 15.0 Å². The van der Waals surface area contributed by atoms with Crippen LogP contribution in [0.25, 0.3) is 11.0 Å². The predicted octanol–water partition coefficient (Wildman–Crippen LogP) is 6.11. The van der Waals surface area contributed by atoms with Crippen LogP contribution in [0.5, 0.6) is 17.4 Å². The fraction of sp³-hybridized carbons (Fsp3) is 0.136. The van der Waals surface area contributed by atoms with Gasteiger partial charge in [-0.3, -0.25) is 0 Å². The minimum atomic E-state index is 0. The average Bonchev–Trinajstić information content (AvgIpc) is 2.71. The first kappa shape index (κ1) is 23.2. The van der Waals surface area contributed by atoms with Crippen molar-refractivity contribution in [3.05, 3.63) is 72.7 Å². The molecule has 3 aromatic heterocycles. The number of hydrogen-bond acceptors (Lipinski definition) is 6. The lowest BCUT2D eigenvalue weighted by molar-refractivity contribution is 0.337. The number of aromatic nitrogens is 3. The van der Waals surface area contributed by atoms with E-state index in [4.69, 9.17) is 9.47 Å². The number of fused-ring (bicyclic) bond motifs is 1. The van der Waals surface area contributed by atoms with Crippen LogP contribution in [0.2, 0.25) is 0 Å². The number of halogens is 2. The Kier molecular flexibility index (Phi) is 8.21. The van der Waals surface area contributed by atoms with Crippen molar-refractivity contribution in [3.8, 4) is 17.4 Å². The summed E-state index contributed by atoms with van der Waals surface area (Å²) in [6, 6.07) is 17.2. The van der Waals surface area contributed by atoms with Crippen LogP contribution in [0.3, 0.4) is 0 Å². The lowest BCUT2D eigenvalue weighted by Crippen LogP contribution is -1.99. The Morgan fingerprint density at radius 2 is 1.73 bits per heavy atom. The third kappa shape index (κ3) is 5.28. The van der Waals surface area contributed by atoms with Gasteiger partial charge >= 0.3 is 0 Å². The quantitative estimate of drug-likeness (QED) is 0.386. The van der Waals surface area contributed by atoms with Crippen LogP contribution in [0.4, 0.5) is 11.4 Å². The lowest BCUT2D eigenvalue weighted by Gasteiger charge is -2.12. The van der Waals surface area contributed by atoms with Crippen LogP contribution in [-0.4, -0.2) is 21.6 Å². The van der Waals surface area contributed by atoms with Crippen molar-refractivity contribution >= 4 is 47.2 Å². The van der Waals surface area contributed by atoms with E-state index < -0.39 is 0 Å².